The Balaban J connectivity index is 0.00000248. The molecular formula is C36H45N7. The van der Waals surface area contributed by atoms with Gasteiger partial charge in [-0.2, -0.15) is 0 Å². The maximum Gasteiger partial charge on any atom is 0.0995 e. The summed E-state index contributed by atoms with van der Waals surface area (Å²) in [5.74, 6) is 0.525. The van der Waals surface area contributed by atoms with Crippen molar-refractivity contribution in [2.45, 2.75) is 59.3 Å². The van der Waals surface area contributed by atoms with E-state index in [1.54, 1.807) is 6.33 Å². The molecule has 0 bridgehead atoms. The molecule has 3 aromatic heterocycles. The van der Waals surface area contributed by atoms with Crippen molar-refractivity contribution in [3.63, 3.8) is 0 Å². The highest BCUT2D eigenvalue weighted by atomic mass is 15.1. The van der Waals surface area contributed by atoms with Crippen molar-refractivity contribution in [1.82, 2.24) is 24.8 Å². The van der Waals surface area contributed by atoms with E-state index < -0.39 is 0 Å². The monoisotopic (exact) mass is 575 g/mol. The van der Waals surface area contributed by atoms with E-state index in [0.717, 1.165) is 62.1 Å². The summed E-state index contributed by atoms with van der Waals surface area (Å²) in [4.78, 5) is 13.3. The molecule has 0 atom stereocenters. The minimum absolute atomic E-state index is 0.525. The summed E-state index contributed by atoms with van der Waals surface area (Å²) in [6.45, 7) is 19.1. The number of allylic oxidation sites excluding steroid dienone is 6. The smallest absolute Gasteiger partial charge is 0.0995 e. The molecule has 1 aliphatic carbocycles. The van der Waals surface area contributed by atoms with Crippen LogP contribution in [0.4, 0.5) is 11.4 Å². The lowest BCUT2D eigenvalue weighted by Gasteiger charge is -2.24. The van der Waals surface area contributed by atoms with Crippen LogP contribution in [0.25, 0.3) is 11.3 Å². The third-order valence-electron chi connectivity index (χ3n) is 7.66. The van der Waals surface area contributed by atoms with Crippen LogP contribution in [-0.4, -0.2) is 26.6 Å². The Morgan fingerprint density at radius 2 is 1.74 bits per heavy atom. The van der Waals surface area contributed by atoms with Crippen LogP contribution in [-0.2, 0) is 0 Å². The molecule has 0 amide bonds. The highest BCUT2D eigenvalue weighted by Crippen LogP contribution is 2.31. The number of pyridine rings is 2. The van der Waals surface area contributed by atoms with Gasteiger partial charge in [0.05, 0.1) is 47.7 Å². The van der Waals surface area contributed by atoms with E-state index in [2.05, 4.69) is 88.6 Å². The topological polar surface area (TPSA) is 79.7 Å². The molecule has 0 radical (unpaired) electrons. The molecule has 0 spiro atoms. The van der Waals surface area contributed by atoms with Crippen LogP contribution in [0.1, 0.15) is 62.3 Å². The van der Waals surface area contributed by atoms with Crippen molar-refractivity contribution in [1.29, 1.82) is 0 Å². The van der Waals surface area contributed by atoms with Crippen LogP contribution >= 0.6 is 0 Å². The first-order chi connectivity index (χ1) is 20.8. The van der Waals surface area contributed by atoms with Crippen molar-refractivity contribution < 1.29 is 0 Å². The van der Waals surface area contributed by atoms with Gasteiger partial charge in [-0.05, 0) is 68.4 Å². The van der Waals surface area contributed by atoms with Gasteiger partial charge in [-0.1, -0.05) is 45.1 Å². The molecule has 0 aromatic carbocycles. The summed E-state index contributed by atoms with van der Waals surface area (Å²) >= 11 is 0. The molecule has 224 valence electrons. The Labute approximate surface area is 257 Å². The first-order valence-electron chi connectivity index (χ1n) is 14.7. The lowest BCUT2D eigenvalue weighted by molar-refractivity contribution is 0.405. The van der Waals surface area contributed by atoms with E-state index in [4.69, 9.17) is 0 Å². The van der Waals surface area contributed by atoms with E-state index in [1.807, 2.05) is 56.4 Å². The second-order valence-corrected chi connectivity index (χ2v) is 10.8. The molecule has 0 saturated heterocycles. The fraction of sp³-hybridized carbons (Fsp3) is 0.306. The summed E-state index contributed by atoms with van der Waals surface area (Å²) < 4.78 is 1.99. The number of nitrogens with one attached hydrogen (secondary N) is 3. The molecule has 3 heterocycles. The van der Waals surface area contributed by atoms with Crippen LogP contribution in [0.15, 0.2) is 97.9 Å². The van der Waals surface area contributed by atoms with Crippen molar-refractivity contribution in [2.75, 3.05) is 17.7 Å². The molecule has 7 heteroatoms. The number of aryl methyl sites for hydroxylation is 1. The van der Waals surface area contributed by atoms with Gasteiger partial charge in [0.2, 0.25) is 0 Å². The maximum atomic E-state index is 4.49. The number of nitrogens with zero attached hydrogens (tertiary/aromatic N) is 4. The Bertz CT molecular complexity index is 1510. The summed E-state index contributed by atoms with van der Waals surface area (Å²) in [5, 5.41) is 10.3. The molecule has 3 N–H and O–H groups in total. The lowest BCUT2D eigenvalue weighted by atomic mass is 9.87. The average Bonchev–Trinajstić information content (AvgIpc) is 3.46. The van der Waals surface area contributed by atoms with E-state index >= 15 is 0 Å². The minimum atomic E-state index is 0.525. The van der Waals surface area contributed by atoms with Gasteiger partial charge in [0.25, 0.3) is 0 Å². The quantitative estimate of drug-likeness (QED) is 0.150. The van der Waals surface area contributed by atoms with E-state index in [-0.39, 0.29) is 0 Å². The SMILES string of the molecule is C#C.C=C(CC(=C/C(=C)c1cncc(NC(=C)C2CCCCC2)c1)/C(=C\C)NC)Nc1cncc(-n2cnc(C)c2)c1C. The molecule has 1 saturated carbocycles. The number of hydrogen-bond acceptors (Lipinski definition) is 6. The molecule has 3 aromatic rings. The highest BCUT2D eigenvalue weighted by Gasteiger charge is 2.17. The lowest BCUT2D eigenvalue weighted by Crippen LogP contribution is -2.14. The molecule has 0 aliphatic heterocycles. The van der Waals surface area contributed by atoms with Crippen molar-refractivity contribution in [3.05, 3.63) is 115 Å². The standard InChI is InChI=1S/C34H43N7.C2H2/c1-8-32(35-7)29(15-24(3)39-33-19-37-20-34(26(33)5)41-21-25(4)38-22-41)14-23(2)30-16-31(18-36-17-30)40-27(6)28-12-10-9-11-13-28;1-2/h8,14,16-22,28,35,39-40H,2-3,6,9-13,15H2,1,4-5,7H3;1-2H/b29-14-,32-8+;. The molecule has 1 aliphatic rings. The first kappa shape index (κ1) is 32.7. The molecule has 4 rings (SSSR count). The highest BCUT2D eigenvalue weighted by molar-refractivity contribution is 5.75. The Kier molecular flexibility index (Phi) is 12.1. The van der Waals surface area contributed by atoms with Gasteiger partial charge in [-0.3, -0.25) is 9.97 Å². The third-order valence-corrected chi connectivity index (χ3v) is 7.66. The predicted molar refractivity (Wildman–Crippen MR) is 182 cm³/mol. The Morgan fingerprint density at radius 3 is 2.40 bits per heavy atom. The van der Waals surface area contributed by atoms with E-state index in [0.29, 0.717) is 12.3 Å². The first-order valence-corrected chi connectivity index (χ1v) is 14.7. The van der Waals surface area contributed by atoms with Crippen molar-refractivity contribution in [2.24, 2.45) is 5.92 Å². The number of imidazole rings is 1. The van der Waals surface area contributed by atoms with Crippen LogP contribution < -0.4 is 16.0 Å². The Morgan fingerprint density at radius 1 is 1.02 bits per heavy atom. The van der Waals surface area contributed by atoms with Crippen LogP contribution in [0.2, 0.25) is 0 Å². The Hall–Kier alpha value is -4.83. The number of rotatable bonds is 12. The number of aromatic nitrogens is 4. The number of hydrogen-bond donors (Lipinski definition) is 3. The second kappa shape index (κ2) is 16.0. The molecule has 7 nitrogen and oxygen atoms in total. The van der Waals surface area contributed by atoms with Crippen LogP contribution in [0.3, 0.4) is 0 Å². The van der Waals surface area contributed by atoms with Gasteiger partial charge < -0.3 is 20.5 Å². The summed E-state index contributed by atoms with van der Waals surface area (Å²) in [7, 11) is 1.93. The molecule has 43 heavy (non-hydrogen) atoms. The fourth-order valence-electron chi connectivity index (χ4n) is 5.35. The second-order valence-electron chi connectivity index (χ2n) is 10.8. The van der Waals surface area contributed by atoms with Gasteiger partial charge in [-0.25, -0.2) is 4.98 Å². The molecule has 1 fully saturated rings. The fourth-order valence-corrected chi connectivity index (χ4v) is 5.35. The zero-order chi connectivity index (χ0) is 31.4. The van der Waals surface area contributed by atoms with Gasteiger partial charge in [0, 0.05) is 48.5 Å². The van der Waals surface area contributed by atoms with Crippen molar-refractivity contribution in [3.8, 4) is 18.5 Å². The normalized spacial score (nSPS) is 13.8. The zero-order valence-corrected chi connectivity index (χ0v) is 26.1. The number of terminal acetylenes is 1. The predicted octanol–water partition coefficient (Wildman–Crippen LogP) is 8.11. The van der Waals surface area contributed by atoms with Gasteiger partial charge in [-0.15, -0.1) is 12.8 Å². The minimum Gasteiger partial charge on any atom is -0.388 e. The molecular weight excluding hydrogens is 530 g/mol. The van der Waals surface area contributed by atoms with Gasteiger partial charge in [0.15, 0.2) is 0 Å². The van der Waals surface area contributed by atoms with Crippen LogP contribution in [0, 0.1) is 32.6 Å². The van der Waals surface area contributed by atoms with E-state index in [1.165, 1.54) is 32.1 Å². The average molecular weight is 576 g/mol. The van der Waals surface area contributed by atoms with Crippen molar-refractivity contribution >= 4 is 16.9 Å². The zero-order valence-electron chi connectivity index (χ0n) is 26.1. The van der Waals surface area contributed by atoms with Gasteiger partial charge in [0.1, 0.15) is 0 Å². The third kappa shape index (κ3) is 8.83. The van der Waals surface area contributed by atoms with Gasteiger partial charge >= 0.3 is 0 Å². The van der Waals surface area contributed by atoms with Crippen LogP contribution in [0.5, 0.6) is 0 Å². The largest absolute Gasteiger partial charge is 0.388 e. The summed E-state index contributed by atoms with van der Waals surface area (Å²) in [5.41, 5.74) is 10.7. The summed E-state index contributed by atoms with van der Waals surface area (Å²) in [6.07, 6.45) is 30.2. The molecule has 0 unspecified atom stereocenters. The number of likely N-dealkylation sites (N-methyl/N-ethyl adjacent to an activating group) is 1. The maximum absolute atomic E-state index is 4.49. The summed E-state index contributed by atoms with van der Waals surface area (Å²) in [6, 6.07) is 2.09. The van der Waals surface area contributed by atoms with E-state index in [9.17, 15) is 0 Å². The number of anilines is 2.